The minimum absolute atomic E-state index is 0.523. The van der Waals surface area contributed by atoms with E-state index in [2.05, 4.69) is 16.5 Å². The molecule has 5 nitrogen and oxygen atoms in total. The van der Waals surface area contributed by atoms with Gasteiger partial charge in [-0.25, -0.2) is 4.79 Å². The molecule has 1 N–H and O–H groups in total. The summed E-state index contributed by atoms with van der Waals surface area (Å²) in [5.41, 5.74) is 3.00. The summed E-state index contributed by atoms with van der Waals surface area (Å²) in [6.07, 6.45) is 6.53. The van der Waals surface area contributed by atoms with Crippen LogP contribution in [0.2, 0.25) is 0 Å². The van der Waals surface area contributed by atoms with Crippen molar-refractivity contribution < 1.29 is 9.90 Å². The molecule has 0 aliphatic heterocycles. The van der Waals surface area contributed by atoms with Crippen molar-refractivity contribution in [1.82, 2.24) is 9.55 Å². The van der Waals surface area contributed by atoms with Crippen molar-refractivity contribution in [2.24, 2.45) is 0 Å². The highest BCUT2D eigenvalue weighted by Gasteiger charge is 2.14. The van der Waals surface area contributed by atoms with Gasteiger partial charge in [-0.15, -0.1) is 0 Å². The molecule has 0 bridgehead atoms. The van der Waals surface area contributed by atoms with Gasteiger partial charge in [0.25, 0.3) is 0 Å². The van der Waals surface area contributed by atoms with E-state index in [1.165, 1.54) is 10.5 Å². The fraction of sp³-hybridized carbons (Fsp3) is 0.263. The van der Waals surface area contributed by atoms with Gasteiger partial charge < -0.3 is 9.67 Å². The molecule has 0 fully saturated rings. The first-order chi connectivity index (χ1) is 11.7. The summed E-state index contributed by atoms with van der Waals surface area (Å²) in [6, 6.07) is 11.8. The predicted octanol–water partition coefficient (Wildman–Crippen LogP) is 4.37. The monoisotopic (exact) mass is 323 g/mol. The molecule has 1 aromatic carbocycles. The van der Waals surface area contributed by atoms with Crippen LogP contribution in [-0.4, -0.2) is 27.3 Å². The molecule has 0 spiro atoms. The van der Waals surface area contributed by atoms with Crippen molar-refractivity contribution in [2.75, 3.05) is 11.4 Å². The standard InChI is InChI=1S/C19H21N3O2/c1-2-3-11-22(19(23)24)17-4-5-18-16(13-17)8-12-21(18)14-15-6-9-20-10-7-15/h4-10,12-13H,2-3,11,14H2,1H3,(H,23,24). The fourth-order valence-corrected chi connectivity index (χ4v) is 2.83. The second-order valence-corrected chi connectivity index (χ2v) is 5.83. The van der Waals surface area contributed by atoms with Gasteiger partial charge in [0, 0.05) is 48.3 Å². The first-order valence-electron chi connectivity index (χ1n) is 8.17. The molecule has 3 rings (SSSR count). The number of nitrogens with zero attached hydrogens (tertiary/aromatic N) is 3. The zero-order chi connectivity index (χ0) is 16.9. The number of aromatic nitrogens is 2. The van der Waals surface area contributed by atoms with Crippen molar-refractivity contribution in [3.63, 3.8) is 0 Å². The van der Waals surface area contributed by atoms with Gasteiger partial charge in [-0.3, -0.25) is 9.88 Å². The molecule has 5 heteroatoms. The van der Waals surface area contributed by atoms with Crippen LogP contribution in [0.25, 0.3) is 10.9 Å². The van der Waals surface area contributed by atoms with E-state index in [9.17, 15) is 9.90 Å². The van der Waals surface area contributed by atoms with Crippen LogP contribution >= 0.6 is 0 Å². The molecule has 0 saturated carbocycles. The highest BCUT2D eigenvalue weighted by Crippen LogP contribution is 2.24. The minimum Gasteiger partial charge on any atom is -0.465 e. The molecule has 24 heavy (non-hydrogen) atoms. The van der Waals surface area contributed by atoms with Crippen LogP contribution in [0.5, 0.6) is 0 Å². The number of hydrogen-bond acceptors (Lipinski definition) is 2. The number of pyridine rings is 1. The number of carbonyl (C=O) groups is 1. The molecule has 0 unspecified atom stereocenters. The van der Waals surface area contributed by atoms with E-state index in [1.807, 2.05) is 42.6 Å². The van der Waals surface area contributed by atoms with Crippen molar-refractivity contribution in [2.45, 2.75) is 26.3 Å². The summed E-state index contributed by atoms with van der Waals surface area (Å²) in [5, 5.41) is 10.5. The van der Waals surface area contributed by atoms with E-state index in [4.69, 9.17) is 0 Å². The van der Waals surface area contributed by atoms with E-state index in [-0.39, 0.29) is 0 Å². The average molecular weight is 323 g/mol. The molecule has 0 aliphatic carbocycles. The average Bonchev–Trinajstić information content (AvgIpc) is 2.98. The molecule has 2 heterocycles. The third kappa shape index (κ3) is 3.40. The Morgan fingerprint density at radius 2 is 2.00 bits per heavy atom. The number of rotatable bonds is 6. The Morgan fingerprint density at radius 3 is 2.71 bits per heavy atom. The maximum atomic E-state index is 11.5. The maximum absolute atomic E-state index is 11.5. The second kappa shape index (κ2) is 7.17. The number of carboxylic acid groups (broad SMARTS) is 1. The van der Waals surface area contributed by atoms with Crippen LogP contribution in [0, 0.1) is 0 Å². The Labute approximate surface area is 141 Å². The lowest BCUT2D eigenvalue weighted by atomic mass is 10.2. The zero-order valence-electron chi connectivity index (χ0n) is 13.7. The van der Waals surface area contributed by atoms with Gasteiger partial charge >= 0.3 is 6.09 Å². The first kappa shape index (κ1) is 16.1. The van der Waals surface area contributed by atoms with Gasteiger partial charge in [0.05, 0.1) is 0 Å². The Hall–Kier alpha value is -2.82. The molecular formula is C19H21N3O2. The number of anilines is 1. The smallest absolute Gasteiger partial charge is 0.411 e. The molecular weight excluding hydrogens is 302 g/mol. The largest absolute Gasteiger partial charge is 0.465 e. The zero-order valence-corrected chi connectivity index (χ0v) is 13.7. The SMILES string of the molecule is CCCCN(C(=O)O)c1ccc2c(ccn2Cc2ccncc2)c1. The van der Waals surface area contributed by atoms with Gasteiger partial charge in [-0.05, 0) is 48.4 Å². The first-order valence-corrected chi connectivity index (χ1v) is 8.17. The van der Waals surface area contributed by atoms with Crippen LogP contribution in [-0.2, 0) is 6.54 Å². The van der Waals surface area contributed by atoms with Crippen LogP contribution in [0.4, 0.5) is 10.5 Å². The predicted molar refractivity (Wildman–Crippen MR) is 95.6 cm³/mol. The Morgan fingerprint density at radius 1 is 1.21 bits per heavy atom. The van der Waals surface area contributed by atoms with Gasteiger partial charge in [-0.1, -0.05) is 13.3 Å². The van der Waals surface area contributed by atoms with Crippen molar-refractivity contribution in [3.05, 3.63) is 60.6 Å². The number of benzene rings is 1. The number of hydrogen-bond donors (Lipinski definition) is 1. The quantitative estimate of drug-likeness (QED) is 0.733. The summed E-state index contributed by atoms with van der Waals surface area (Å²) in [7, 11) is 0. The molecule has 1 amide bonds. The summed E-state index contributed by atoms with van der Waals surface area (Å²) in [6.45, 7) is 3.35. The third-order valence-electron chi connectivity index (χ3n) is 4.13. The second-order valence-electron chi connectivity index (χ2n) is 5.83. The highest BCUT2D eigenvalue weighted by atomic mass is 16.4. The van der Waals surface area contributed by atoms with Crippen LogP contribution in [0.3, 0.4) is 0 Å². The lowest BCUT2D eigenvalue weighted by Crippen LogP contribution is -2.30. The summed E-state index contributed by atoms with van der Waals surface area (Å²) in [4.78, 5) is 17.0. The molecule has 0 radical (unpaired) electrons. The van der Waals surface area contributed by atoms with E-state index < -0.39 is 6.09 Å². The van der Waals surface area contributed by atoms with Gasteiger partial charge in [0.15, 0.2) is 0 Å². The molecule has 0 saturated heterocycles. The highest BCUT2D eigenvalue weighted by molar-refractivity contribution is 5.91. The van der Waals surface area contributed by atoms with Gasteiger partial charge in [0.2, 0.25) is 0 Å². The maximum Gasteiger partial charge on any atom is 0.411 e. The number of amides is 1. The van der Waals surface area contributed by atoms with Gasteiger partial charge in [0.1, 0.15) is 0 Å². The Bertz CT molecular complexity index is 827. The van der Waals surface area contributed by atoms with E-state index in [0.29, 0.717) is 6.54 Å². The topological polar surface area (TPSA) is 58.4 Å². The number of unbranched alkanes of at least 4 members (excludes halogenated alkanes) is 1. The van der Waals surface area contributed by atoms with Crippen LogP contribution in [0.15, 0.2) is 55.0 Å². The summed E-state index contributed by atoms with van der Waals surface area (Å²) in [5.74, 6) is 0. The molecule has 3 aromatic rings. The molecule has 2 aromatic heterocycles. The minimum atomic E-state index is -0.904. The lowest BCUT2D eigenvalue weighted by molar-refractivity contribution is 0.201. The van der Waals surface area contributed by atoms with E-state index in [0.717, 1.165) is 36.0 Å². The normalized spacial score (nSPS) is 10.9. The van der Waals surface area contributed by atoms with Crippen molar-refractivity contribution >= 4 is 22.7 Å². The van der Waals surface area contributed by atoms with E-state index >= 15 is 0 Å². The number of fused-ring (bicyclic) bond motifs is 1. The molecule has 0 aliphatic rings. The van der Waals surface area contributed by atoms with Crippen LogP contribution < -0.4 is 4.90 Å². The van der Waals surface area contributed by atoms with E-state index in [1.54, 1.807) is 12.4 Å². The Kier molecular flexibility index (Phi) is 4.79. The third-order valence-corrected chi connectivity index (χ3v) is 4.13. The van der Waals surface area contributed by atoms with Gasteiger partial charge in [-0.2, -0.15) is 0 Å². The van der Waals surface area contributed by atoms with Crippen molar-refractivity contribution in [1.29, 1.82) is 0 Å². The van der Waals surface area contributed by atoms with Crippen molar-refractivity contribution in [3.8, 4) is 0 Å². The summed E-state index contributed by atoms with van der Waals surface area (Å²) >= 11 is 0. The molecule has 0 atom stereocenters. The molecule has 124 valence electrons. The fourth-order valence-electron chi connectivity index (χ4n) is 2.83. The Balaban J connectivity index is 1.88. The van der Waals surface area contributed by atoms with Crippen LogP contribution in [0.1, 0.15) is 25.3 Å². The summed E-state index contributed by atoms with van der Waals surface area (Å²) < 4.78 is 2.16. The lowest BCUT2D eigenvalue weighted by Gasteiger charge is -2.19.